The van der Waals surface area contributed by atoms with Crippen molar-refractivity contribution in [3.8, 4) is 5.69 Å². The largest absolute Gasteiger partial charge is 0.461 e. The smallest absolute Gasteiger partial charge is 0.358 e. The fourth-order valence-electron chi connectivity index (χ4n) is 3.04. The molecule has 2 rings (SSSR count). The first kappa shape index (κ1) is 21.5. The highest BCUT2D eigenvalue weighted by atomic mass is 35.5. The molecule has 1 aromatic carbocycles. The number of imidazole rings is 1. The first-order valence-electron chi connectivity index (χ1n) is 10.2. The van der Waals surface area contributed by atoms with Crippen LogP contribution in [-0.2, 0) is 17.6 Å². The van der Waals surface area contributed by atoms with Crippen LogP contribution in [0.5, 0.6) is 0 Å². The van der Waals surface area contributed by atoms with Crippen LogP contribution in [0, 0.1) is 0 Å². The maximum absolute atomic E-state index is 12.7. The second-order valence-electron chi connectivity index (χ2n) is 6.81. The number of aryl methyl sites for hydroxylation is 1. The number of halogens is 1. The molecule has 1 heterocycles. The zero-order valence-corrected chi connectivity index (χ0v) is 17.5. The molecule has 0 radical (unpaired) electrons. The SMILES string of the molecule is CCCCOC(=O)c1nc(CCCC)n(-c2ccccc2Cl)c1CCCC. The molecule has 148 valence electrons. The Balaban J connectivity index is 2.52. The van der Waals surface area contributed by atoms with Crippen molar-refractivity contribution < 1.29 is 9.53 Å². The average Bonchev–Trinajstić information content (AvgIpc) is 3.03. The van der Waals surface area contributed by atoms with E-state index in [1.807, 2.05) is 24.3 Å². The van der Waals surface area contributed by atoms with Crippen LogP contribution in [0.25, 0.3) is 5.69 Å². The number of para-hydroxylation sites is 1. The third kappa shape index (κ3) is 5.58. The molecule has 0 unspecified atom stereocenters. The van der Waals surface area contributed by atoms with Crippen molar-refractivity contribution in [3.63, 3.8) is 0 Å². The molecule has 0 aliphatic heterocycles. The number of benzene rings is 1. The number of rotatable bonds is 11. The summed E-state index contributed by atoms with van der Waals surface area (Å²) in [6.45, 7) is 6.81. The van der Waals surface area contributed by atoms with Gasteiger partial charge in [0, 0.05) is 6.42 Å². The molecular weight excluding hydrogens is 360 g/mol. The summed E-state index contributed by atoms with van der Waals surface area (Å²) in [5, 5.41) is 0.663. The summed E-state index contributed by atoms with van der Waals surface area (Å²) in [6.07, 6.45) is 7.55. The van der Waals surface area contributed by atoms with Gasteiger partial charge in [-0.3, -0.25) is 4.57 Å². The van der Waals surface area contributed by atoms with E-state index in [1.54, 1.807) is 0 Å². The Morgan fingerprint density at radius 3 is 2.37 bits per heavy atom. The van der Waals surface area contributed by atoms with Crippen LogP contribution in [0.15, 0.2) is 24.3 Å². The summed E-state index contributed by atoms with van der Waals surface area (Å²) in [4.78, 5) is 17.5. The van der Waals surface area contributed by atoms with E-state index in [-0.39, 0.29) is 5.97 Å². The summed E-state index contributed by atoms with van der Waals surface area (Å²) >= 11 is 6.50. The van der Waals surface area contributed by atoms with Gasteiger partial charge in [0.05, 0.1) is 23.0 Å². The van der Waals surface area contributed by atoms with Gasteiger partial charge in [0.2, 0.25) is 0 Å². The summed E-state index contributed by atoms with van der Waals surface area (Å²) in [5.74, 6) is 0.566. The quantitative estimate of drug-likeness (QED) is 0.340. The van der Waals surface area contributed by atoms with E-state index in [0.29, 0.717) is 17.3 Å². The summed E-state index contributed by atoms with van der Waals surface area (Å²) < 4.78 is 7.57. The second kappa shape index (κ2) is 11.1. The lowest BCUT2D eigenvalue weighted by molar-refractivity contribution is 0.0492. The van der Waals surface area contributed by atoms with Gasteiger partial charge in [0.1, 0.15) is 5.82 Å². The van der Waals surface area contributed by atoms with Crippen molar-refractivity contribution in [3.05, 3.63) is 46.5 Å². The van der Waals surface area contributed by atoms with Gasteiger partial charge in [-0.05, 0) is 37.8 Å². The van der Waals surface area contributed by atoms with E-state index in [2.05, 4.69) is 25.3 Å². The Bertz CT molecular complexity index is 740. The minimum Gasteiger partial charge on any atom is -0.461 e. The zero-order chi connectivity index (χ0) is 19.6. The molecule has 2 aromatic rings. The van der Waals surface area contributed by atoms with Crippen molar-refractivity contribution in [1.82, 2.24) is 9.55 Å². The summed E-state index contributed by atoms with van der Waals surface area (Å²) in [7, 11) is 0. The highest BCUT2D eigenvalue weighted by Crippen LogP contribution is 2.27. The lowest BCUT2D eigenvalue weighted by Crippen LogP contribution is -2.11. The van der Waals surface area contributed by atoms with Crippen molar-refractivity contribution in [1.29, 1.82) is 0 Å². The van der Waals surface area contributed by atoms with Gasteiger partial charge in [-0.25, -0.2) is 9.78 Å². The molecule has 0 amide bonds. The first-order chi connectivity index (χ1) is 13.1. The molecule has 27 heavy (non-hydrogen) atoms. The van der Waals surface area contributed by atoms with Crippen LogP contribution in [0.1, 0.15) is 81.3 Å². The Morgan fingerprint density at radius 1 is 1.04 bits per heavy atom. The standard InChI is InChI=1S/C22H31ClN2O2/c1-4-7-13-19-21(22(26)27-16-9-6-3)24-20(15-8-5-2)25(19)18-14-11-10-12-17(18)23/h10-12,14H,4-9,13,15-16H2,1-3H3. The van der Waals surface area contributed by atoms with E-state index in [4.69, 9.17) is 21.3 Å². The van der Waals surface area contributed by atoms with Crippen LogP contribution in [-0.4, -0.2) is 22.1 Å². The molecule has 0 bridgehead atoms. The van der Waals surface area contributed by atoms with Crippen LogP contribution >= 0.6 is 11.6 Å². The molecule has 0 saturated carbocycles. The first-order valence-corrected chi connectivity index (χ1v) is 10.5. The fourth-order valence-corrected chi connectivity index (χ4v) is 3.26. The van der Waals surface area contributed by atoms with Crippen LogP contribution in [0.3, 0.4) is 0 Å². The predicted octanol–water partition coefficient (Wildman–Crippen LogP) is 6.17. The third-order valence-electron chi connectivity index (χ3n) is 4.58. The monoisotopic (exact) mass is 390 g/mol. The number of nitrogens with zero attached hydrogens (tertiary/aromatic N) is 2. The molecule has 0 spiro atoms. The maximum Gasteiger partial charge on any atom is 0.358 e. The number of ether oxygens (including phenoxy) is 1. The van der Waals surface area contributed by atoms with Crippen LogP contribution in [0.2, 0.25) is 5.02 Å². The minimum atomic E-state index is -0.321. The predicted molar refractivity (Wildman–Crippen MR) is 111 cm³/mol. The minimum absolute atomic E-state index is 0.321. The fraction of sp³-hybridized carbons (Fsp3) is 0.545. The molecule has 0 aliphatic carbocycles. The van der Waals surface area contributed by atoms with Crippen molar-refractivity contribution in [2.24, 2.45) is 0 Å². The van der Waals surface area contributed by atoms with Crippen molar-refractivity contribution in [2.75, 3.05) is 6.61 Å². The number of esters is 1. The molecule has 4 nitrogen and oxygen atoms in total. The van der Waals surface area contributed by atoms with Crippen molar-refractivity contribution in [2.45, 2.75) is 72.1 Å². The Kier molecular flexibility index (Phi) is 8.86. The van der Waals surface area contributed by atoms with E-state index in [9.17, 15) is 4.79 Å². The Labute approximate surface area is 167 Å². The van der Waals surface area contributed by atoms with Gasteiger partial charge in [-0.15, -0.1) is 0 Å². The molecule has 0 atom stereocenters. The number of carbonyl (C=O) groups excluding carboxylic acids is 1. The molecule has 0 saturated heterocycles. The van der Waals surface area contributed by atoms with E-state index >= 15 is 0 Å². The molecule has 0 fully saturated rings. The van der Waals surface area contributed by atoms with Crippen molar-refractivity contribution >= 4 is 17.6 Å². The highest BCUT2D eigenvalue weighted by molar-refractivity contribution is 6.32. The highest BCUT2D eigenvalue weighted by Gasteiger charge is 2.24. The number of hydrogen-bond acceptors (Lipinski definition) is 3. The third-order valence-corrected chi connectivity index (χ3v) is 4.90. The van der Waals surface area contributed by atoms with Crippen LogP contribution in [0.4, 0.5) is 0 Å². The maximum atomic E-state index is 12.7. The van der Waals surface area contributed by atoms with Crippen LogP contribution < -0.4 is 0 Å². The lowest BCUT2D eigenvalue weighted by atomic mass is 10.1. The lowest BCUT2D eigenvalue weighted by Gasteiger charge is -2.14. The zero-order valence-electron chi connectivity index (χ0n) is 16.8. The van der Waals surface area contributed by atoms with Gasteiger partial charge in [-0.2, -0.15) is 0 Å². The normalized spacial score (nSPS) is 11.0. The number of unbranched alkanes of at least 4 members (excludes halogenated alkanes) is 3. The molecule has 1 aromatic heterocycles. The number of aromatic nitrogens is 2. The van der Waals surface area contributed by atoms with Gasteiger partial charge >= 0.3 is 5.97 Å². The van der Waals surface area contributed by atoms with Gasteiger partial charge in [-0.1, -0.05) is 63.8 Å². The van der Waals surface area contributed by atoms with Gasteiger partial charge < -0.3 is 4.74 Å². The summed E-state index contributed by atoms with van der Waals surface area (Å²) in [5.41, 5.74) is 2.25. The number of hydrogen-bond donors (Lipinski definition) is 0. The molecular formula is C22H31ClN2O2. The van der Waals surface area contributed by atoms with Gasteiger partial charge in [0.15, 0.2) is 5.69 Å². The van der Waals surface area contributed by atoms with E-state index < -0.39 is 0 Å². The van der Waals surface area contributed by atoms with Gasteiger partial charge in [0.25, 0.3) is 0 Å². The van der Waals surface area contributed by atoms with E-state index in [0.717, 1.165) is 68.6 Å². The molecule has 5 heteroatoms. The molecule has 0 N–H and O–H groups in total. The van der Waals surface area contributed by atoms with E-state index in [1.165, 1.54) is 0 Å². The topological polar surface area (TPSA) is 44.1 Å². The Morgan fingerprint density at radius 2 is 1.70 bits per heavy atom. The Hall–Kier alpha value is -1.81. The second-order valence-corrected chi connectivity index (χ2v) is 7.21. The average molecular weight is 391 g/mol. The summed E-state index contributed by atoms with van der Waals surface area (Å²) in [6, 6.07) is 7.75. The molecule has 0 aliphatic rings. The number of carbonyl (C=O) groups is 1.